The van der Waals surface area contributed by atoms with Crippen molar-refractivity contribution in [2.75, 3.05) is 0 Å². The first-order valence-corrected chi connectivity index (χ1v) is 9.33. The van der Waals surface area contributed by atoms with E-state index in [2.05, 4.69) is 11.7 Å². The average Bonchev–Trinajstić information content (AvgIpc) is 2.45. The molecular weight excluding hydrogens is 324 g/mol. The number of carbonyl (C=O) groups excluding carboxylic acids is 1. The molecular formula is C15H26O7S. The van der Waals surface area contributed by atoms with E-state index >= 15 is 0 Å². The molecule has 0 aliphatic carbocycles. The van der Waals surface area contributed by atoms with Gasteiger partial charge in [-0.2, -0.15) is 8.42 Å². The second kappa shape index (κ2) is 12.1. The molecule has 7 nitrogen and oxygen atoms in total. The van der Waals surface area contributed by atoms with Crippen molar-refractivity contribution in [2.45, 2.75) is 70.0 Å². The summed E-state index contributed by atoms with van der Waals surface area (Å²) in [6, 6.07) is 0. The molecule has 0 aromatic heterocycles. The Balaban J connectivity index is 4.00. The van der Waals surface area contributed by atoms with Gasteiger partial charge in [0.25, 0.3) is 10.1 Å². The number of carbonyl (C=O) groups is 2. The van der Waals surface area contributed by atoms with Gasteiger partial charge in [-0.15, -0.1) is 0 Å². The Labute approximate surface area is 137 Å². The van der Waals surface area contributed by atoms with E-state index in [0.29, 0.717) is 6.42 Å². The normalized spacial score (nSPS) is 13.1. The van der Waals surface area contributed by atoms with Gasteiger partial charge in [0.15, 0.2) is 5.25 Å². The standard InChI is InChI=1S/C15H26O7S/c1-2-3-4-5-6-7-8-9-10-11-22-15(18)13(12-14(16)17)23(19,20)21/h10-11,13H,2-9,12H2,1H3,(H,16,17)(H,19,20,21). The van der Waals surface area contributed by atoms with Gasteiger partial charge in [0.05, 0.1) is 12.7 Å². The largest absolute Gasteiger partial charge is 0.481 e. The Kier molecular flexibility index (Phi) is 11.3. The van der Waals surface area contributed by atoms with Crippen molar-refractivity contribution in [3.8, 4) is 0 Å². The lowest BCUT2D eigenvalue weighted by Gasteiger charge is -2.08. The maximum absolute atomic E-state index is 11.5. The molecule has 134 valence electrons. The third kappa shape index (κ3) is 11.8. The van der Waals surface area contributed by atoms with E-state index in [1.165, 1.54) is 25.7 Å². The number of hydrogen-bond donors (Lipinski definition) is 2. The molecule has 0 aromatic carbocycles. The topological polar surface area (TPSA) is 118 Å². The molecule has 0 heterocycles. The second-order valence-electron chi connectivity index (χ2n) is 5.32. The molecule has 0 spiro atoms. The third-order valence-corrected chi connectivity index (χ3v) is 4.32. The highest BCUT2D eigenvalue weighted by atomic mass is 32.2. The fourth-order valence-electron chi connectivity index (χ4n) is 1.95. The Morgan fingerprint density at radius 2 is 1.65 bits per heavy atom. The van der Waals surface area contributed by atoms with Crippen LogP contribution in [0.2, 0.25) is 0 Å². The van der Waals surface area contributed by atoms with Crippen molar-refractivity contribution >= 4 is 22.1 Å². The van der Waals surface area contributed by atoms with Crippen LogP contribution in [0.1, 0.15) is 64.7 Å². The molecule has 0 bridgehead atoms. The summed E-state index contributed by atoms with van der Waals surface area (Å²) < 4.78 is 35.3. The maximum atomic E-state index is 11.5. The number of carboxylic acid groups (broad SMARTS) is 1. The van der Waals surface area contributed by atoms with Crippen LogP contribution < -0.4 is 0 Å². The van der Waals surface area contributed by atoms with Gasteiger partial charge in [0.1, 0.15) is 0 Å². The van der Waals surface area contributed by atoms with Crippen molar-refractivity contribution in [3.05, 3.63) is 12.3 Å². The van der Waals surface area contributed by atoms with Crippen molar-refractivity contribution in [1.82, 2.24) is 0 Å². The number of carboxylic acids is 1. The smallest absolute Gasteiger partial charge is 0.332 e. The Bertz CT molecular complexity index is 482. The molecule has 0 aliphatic heterocycles. The molecule has 0 rings (SSSR count). The van der Waals surface area contributed by atoms with E-state index in [1.807, 2.05) is 0 Å². The van der Waals surface area contributed by atoms with Crippen LogP contribution in [0, 0.1) is 0 Å². The van der Waals surface area contributed by atoms with Crippen molar-refractivity contribution in [2.24, 2.45) is 0 Å². The number of hydrogen-bond acceptors (Lipinski definition) is 5. The predicted octanol–water partition coefficient (Wildman–Crippen LogP) is 2.92. The first kappa shape index (κ1) is 21.6. The van der Waals surface area contributed by atoms with E-state index in [9.17, 15) is 18.0 Å². The lowest BCUT2D eigenvalue weighted by Crippen LogP contribution is -2.33. The molecule has 1 unspecified atom stereocenters. The Hall–Kier alpha value is -1.41. The quantitative estimate of drug-likeness (QED) is 0.227. The van der Waals surface area contributed by atoms with Crippen LogP contribution in [-0.2, 0) is 24.4 Å². The molecule has 0 saturated heterocycles. The first-order valence-electron chi connectivity index (χ1n) is 7.82. The number of unbranched alkanes of at least 4 members (excludes halogenated alkanes) is 7. The summed E-state index contributed by atoms with van der Waals surface area (Å²) in [6.45, 7) is 2.16. The van der Waals surface area contributed by atoms with E-state index in [-0.39, 0.29) is 0 Å². The van der Waals surface area contributed by atoms with E-state index < -0.39 is 33.7 Å². The molecule has 2 N–H and O–H groups in total. The van der Waals surface area contributed by atoms with Gasteiger partial charge in [0.2, 0.25) is 0 Å². The zero-order valence-corrected chi connectivity index (χ0v) is 14.3. The zero-order valence-electron chi connectivity index (χ0n) is 13.4. The van der Waals surface area contributed by atoms with Crippen LogP contribution in [0.25, 0.3) is 0 Å². The summed E-state index contributed by atoms with van der Waals surface area (Å²) in [5, 5.41) is 6.43. The van der Waals surface area contributed by atoms with Gasteiger partial charge in [-0.05, 0) is 18.9 Å². The number of esters is 1. The third-order valence-electron chi connectivity index (χ3n) is 3.24. The molecule has 0 aromatic rings. The monoisotopic (exact) mass is 350 g/mol. The summed E-state index contributed by atoms with van der Waals surface area (Å²) in [7, 11) is -4.81. The minimum atomic E-state index is -4.81. The number of ether oxygens (including phenoxy) is 1. The maximum Gasteiger partial charge on any atom is 0.332 e. The van der Waals surface area contributed by atoms with Gasteiger partial charge in [0, 0.05) is 0 Å². The van der Waals surface area contributed by atoms with Crippen LogP contribution >= 0.6 is 0 Å². The first-order chi connectivity index (χ1) is 10.8. The van der Waals surface area contributed by atoms with E-state index in [1.54, 1.807) is 6.08 Å². The molecule has 0 fully saturated rings. The summed E-state index contributed by atoms with van der Waals surface area (Å²) >= 11 is 0. The summed E-state index contributed by atoms with van der Waals surface area (Å²) in [4.78, 5) is 22.0. The molecule has 23 heavy (non-hydrogen) atoms. The summed E-state index contributed by atoms with van der Waals surface area (Å²) in [5.74, 6) is -2.82. The zero-order chi connectivity index (χ0) is 17.7. The van der Waals surface area contributed by atoms with Gasteiger partial charge < -0.3 is 9.84 Å². The van der Waals surface area contributed by atoms with Crippen molar-refractivity contribution in [1.29, 1.82) is 0 Å². The van der Waals surface area contributed by atoms with Crippen LogP contribution in [0.15, 0.2) is 12.3 Å². The van der Waals surface area contributed by atoms with Crippen LogP contribution in [0.5, 0.6) is 0 Å². The van der Waals surface area contributed by atoms with E-state index in [0.717, 1.165) is 25.5 Å². The molecule has 1 atom stereocenters. The summed E-state index contributed by atoms with van der Waals surface area (Å²) in [6.07, 6.45) is 10.3. The lowest BCUT2D eigenvalue weighted by atomic mass is 10.1. The Morgan fingerprint density at radius 1 is 1.09 bits per heavy atom. The van der Waals surface area contributed by atoms with Crippen molar-refractivity contribution in [3.63, 3.8) is 0 Å². The second-order valence-corrected chi connectivity index (χ2v) is 6.92. The average molecular weight is 350 g/mol. The van der Waals surface area contributed by atoms with Gasteiger partial charge in [-0.25, -0.2) is 0 Å². The minimum absolute atomic E-state index is 0.677. The van der Waals surface area contributed by atoms with Crippen LogP contribution in [0.4, 0.5) is 0 Å². The lowest BCUT2D eigenvalue weighted by molar-refractivity contribution is -0.143. The predicted molar refractivity (Wildman–Crippen MR) is 85.4 cm³/mol. The molecule has 0 radical (unpaired) electrons. The minimum Gasteiger partial charge on any atom is -0.481 e. The van der Waals surface area contributed by atoms with Gasteiger partial charge >= 0.3 is 11.9 Å². The Morgan fingerprint density at radius 3 is 2.17 bits per heavy atom. The fraction of sp³-hybridized carbons (Fsp3) is 0.733. The van der Waals surface area contributed by atoms with Gasteiger partial charge in [-0.1, -0.05) is 45.4 Å². The number of aliphatic carboxylic acids is 1. The molecule has 0 aliphatic rings. The highest BCUT2D eigenvalue weighted by Gasteiger charge is 2.34. The fourth-order valence-corrected chi connectivity index (χ4v) is 2.60. The van der Waals surface area contributed by atoms with E-state index in [4.69, 9.17) is 9.66 Å². The van der Waals surface area contributed by atoms with Crippen LogP contribution in [0.3, 0.4) is 0 Å². The van der Waals surface area contributed by atoms with Gasteiger partial charge in [-0.3, -0.25) is 14.1 Å². The summed E-state index contributed by atoms with van der Waals surface area (Å²) in [5.41, 5.74) is 0. The SMILES string of the molecule is CCCCCCCCCC=COC(=O)C(CC(=O)O)S(=O)(=O)O. The van der Waals surface area contributed by atoms with Crippen LogP contribution in [-0.4, -0.2) is 35.3 Å². The molecule has 0 saturated carbocycles. The highest BCUT2D eigenvalue weighted by Crippen LogP contribution is 2.10. The number of allylic oxidation sites excluding steroid dienone is 1. The molecule has 8 heteroatoms. The van der Waals surface area contributed by atoms with Crippen molar-refractivity contribution < 1.29 is 32.4 Å². The molecule has 0 amide bonds. The number of rotatable bonds is 13. The highest BCUT2D eigenvalue weighted by molar-refractivity contribution is 7.87.